The maximum absolute atomic E-state index is 13.2. The number of hydrogen-bond acceptors (Lipinski definition) is 5. The normalized spacial score (nSPS) is 14.2. The number of rotatable bonds is 6. The second-order valence-corrected chi connectivity index (χ2v) is 9.11. The van der Waals surface area contributed by atoms with Gasteiger partial charge in [0.05, 0.1) is 23.1 Å². The van der Waals surface area contributed by atoms with Crippen molar-refractivity contribution >= 4 is 22.9 Å². The summed E-state index contributed by atoms with van der Waals surface area (Å²) in [7, 11) is 1.90. The fraction of sp³-hybridized carbons (Fsp3) is 0.250. The minimum atomic E-state index is -0.951. The van der Waals surface area contributed by atoms with Gasteiger partial charge in [-0.05, 0) is 55.5 Å². The number of carbonyl (C=O) groups excluding carboxylic acids is 1. The molecule has 1 amide bonds. The summed E-state index contributed by atoms with van der Waals surface area (Å²) in [6.07, 6.45) is 0. The minimum absolute atomic E-state index is 0.00654. The molecular weight excluding hydrogens is 456 g/mol. The molecule has 3 aromatic carbocycles. The predicted octanol–water partition coefficient (Wildman–Crippen LogP) is 4.33. The molecule has 184 valence electrons. The summed E-state index contributed by atoms with van der Waals surface area (Å²) in [6.45, 7) is 5.36. The van der Waals surface area contributed by atoms with Crippen LogP contribution in [0.4, 0.5) is 0 Å². The van der Waals surface area contributed by atoms with E-state index in [4.69, 9.17) is 9.72 Å². The van der Waals surface area contributed by atoms with Crippen LogP contribution in [0.1, 0.15) is 32.1 Å². The van der Waals surface area contributed by atoms with E-state index in [0.717, 1.165) is 41.3 Å². The first-order chi connectivity index (χ1) is 17.4. The number of aromatic nitrogens is 2. The number of amides is 1. The maximum atomic E-state index is 13.2. The molecule has 1 aliphatic rings. The number of nitrogens with zero attached hydrogens (tertiary/aromatic N) is 4. The van der Waals surface area contributed by atoms with Gasteiger partial charge in [0, 0.05) is 38.8 Å². The third kappa shape index (κ3) is 4.94. The summed E-state index contributed by atoms with van der Waals surface area (Å²) in [5, 5.41) is 9.27. The Morgan fingerprint density at radius 2 is 1.67 bits per heavy atom. The number of aryl methyl sites for hydroxylation is 2. The molecule has 2 heterocycles. The Morgan fingerprint density at radius 1 is 0.917 bits per heavy atom. The fourth-order valence-corrected chi connectivity index (χ4v) is 4.44. The van der Waals surface area contributed by atoms with Crippen LogP contribution >= 0.6 is 0 Å². The summed E-state index contributed by atoms with van der Waals surface area (Å²) >= 11 is 0. The van der Waals surface area contributed by atoms with Crippen LogP contribution < -0.4 is 4.74 Å². The lowest BCUT2D eigenvalue weighted by Gasteiger charge is -2.34. The van der Waals surface area contributed by atoms with Gasteiger partial charge in [0.25, 0.3) is 5.91 Å². The largest absolute Gasteiger partial charge is 0.478 e. The average Bonchev–Trinajstić information content (AvgIpc) is 3.20. The van der Waals surface area contributed by atoms with Crippen LogP contribution in [0.15, 0.2) is 66.7 Å². The average molecular weight is 485 g/mol. The van der Waals surface area contributed by atoms with Crippen molar-refractivity contribution in [2.75, 3.05) is 26.2 Å². The highest BCUT2D eigenvalue weighted by Gasteiger charge is 2.24. The molecule has 0 aliphatic carbocycles. The molecule has 0 saturated carbocycles. The highest BCUT2D eigenvalue weighted by atomic mass is 16.5. The van der Waals surface area contributed by atoms with Gasteiger partial charge < -0.3 is 19.3 Å². The van der Waals surface area contributed by atoms with Gasteiger partial charge >= 0.3 is 5.97 Å². The van der Waals surface area contributed by atoms with Crippen molar-refractivity contribution in [1.29, 1.82) is 0 Å². The zero-order valence-corrected chi connectivity index (χ0v) is 20.3. The molecule has 1 aromatic heterocycles. The van der Waals surface area contributed by atoms with Gasteiger partial charge in [-0.25, -0.2) is 9.78 Å². The van der Waals surface area contributed by atoms with Gasteiger partial charge in [0.1, 0.15) is 17.3 Å². The molecule has 0 unspecified atom stereocenters. The quantitative estimate of drug-likeness (QED) is 0.438. The number of ether oxygens (including phenoxy) is 1. The van der Waals surface area contributed by atoms with Crippen LogP contribution in [-0.4, -0.2) is 62.5 Å². The fourth-order valence-electron chi connectivity index (χ4n) is 4.44. The third-order valence-electron chi connectivity index (χ3n) is 6.58. The topological polar surface area (TPSA) is 87.9 Å². The Hall–Kier alpha value is -4.17. The monoisotopic (exact) mass is 484 g/mol. The van der Waals surface area contributed by atoms with Gasteiger partial charge in [-0.2, -0.15) is 0 Å². The number of imidazole rings is 1. The number of fused-ring (bicyclic) bond motifs is 1. The number of piperazine rings is 1. The highest BCUT2D eigenvalue weighted by molar-refractivity contribution is 5.95. The molecule has 0 bridgehead atoms. The smallest absolute Gasteiger partial charge is 0.335 e. The van der Waals surface area contributed by atoms with Crippen LogP contribution in [-0.2, 0) is 13.6 Å². The van der Waals surface area contributed by atoms with Gasteiger partial charge in [-0.1, -0.05) is 23.8 Å². The zero-order chi connectivity index (χ0) is 25.2. The van der Waals surface area contributed by atoms with E-state index >= 15 is 0 Å². The number of hydrogen-bond donors (Lipinski definition) is 1. The van der Waals surface area contributed by atoms with Crippen molar-refractivity contribution in [3.63, 3.8) is 0 Å². The molecule has 8 heteroatoms. The highest BCUT2D eigenvalue weighted by Crippen LogP contribution is 2.24. The molecule has 1 fully saturated rings. The first kappa shape index (κ1) is 23.6. The van der Waals surface area contributed by atoms with Crippen LogP contribution in [0.5, 0.6) is 11.5 Å². The summed E-state index contributed by atoms with van der Waals surface area (Å²) < 4.78 is 7.87. The zero-order valence-electron chi connectivity index (χ0n) is 20.3. The van der Waals surface area contributed by atoms with E-state index in [1.54, 1.807) is 24.3 Å². The molecule has 1 saturated heterocycles. The van der Waals surface area contributed by atoms with E-state index in [9.17, 15) is 14.7 Å². The number of carboxylic acid groups (broad SMARTS) is 1. The Balaban J connectivity index is 1.21. The second kappa shape index (κ2) is 9.83. The molecular formula is C28H28N4O4. The van der Waals surface area contributed by atoms with E-state index < -0.39 is 5.97 Å². The Bertz CT molecular complexity index is 1420. The van der Waals surface area contributed by atoms with Crippen LogP contribution in [0, 0.1) is 6.92 Å². The van der Waals surface area contributed by atoms with Gasteiger partial charge in [-0.15, -0.1) is 0 Å². The van der Waals surface area contributed by atoms with Crippen LogP contribution in [0.25, 0.3) is 11.0 Å². The van der Waals surface area contributed by atoms with Gasteiger partial charge in [0.15, 0.2) is 0 Å². The molecule has 36 heavy (non-hydrogen) atoms. The maximum Gasteiger partial charge on any atom is 0.335 e. The Morgan fingerprint density at radius 3 is 2.39 bits per heavy atom. The van der Waals surface area contributed by atoms with Gasteiger partial charge in [0.2, 0.25) is 0 Å². The first-order valence-electron chi connectivity index (χ1n) is 11.9. The van der Waals surface area contributed by atoms with Crippen LogP contribution in [0.3, 0.4) is 0 Å². The molecule has 1 N–H and O–H groups in total. The molecule has 0 atom stereocenters. The SMILES string of the molecule is Cc1ccc(Oc2cccc(C(=O)N3CCN(Cc4nc5ccc(C(=O)O)cc5n4C)CC3)c2)cc1. The lowest BCUT2D eigenvalue weighted by Crippen LogP contribution is -2.48. The predicted molar refractivity (Wildman–Crippen MR) is 137 cm³/mol. The lowest BCUT2D eigenvalue weighted by atomic mass is 10.1. The van der Waals surface area contributed by atoms with E-state index in [2.05, 4.69) is 4.90 Å². The molecule has 5 rings (SSSR count). The summed E-state index contributed by atoms with van der Waals surface area (Å²) in [6, 6.07) is 20.1. The van der Waals surface area contributed by atoms with Crippen molar-refractivity contribution in [3.05, 3.63) is 89.2 Å². The number of carboxylic acids is 1. The summed E-state index contributed by atoms with van der Waals surface area (Å²) in [4.78, 5) is 33.3. The molecule has 0 spiro atoms. The molecule has 1 aliphatic heterocycles. The minimum Gasteiger partial charge on any atom is -0.478 e. The van der Waals surface area contributed by atoms with E-state index in [0.29, 0.717) is 30.9 Å². The molecule has 4 aromatic rings. The molecule has 0 radical (unpaired) electrons. The number of carbonyl (C=O) groups is 2. The summed E-state index contributed by atoms with van der Waals surface area (Å²) in [5.74, 6) is 1.28. The third-order valence-corrected chi connectivity index (χ3v) is 6.58. The number of aromatic carboxylic acids is 1. The van der Waals surface area contributed by atoms with Gasteiger partial charge in [-0.3, -0.25) is 9.69 Å². The van der Waals surface area contributed by atoms with E-state index in [1.165, 1.54) is 0 Å². The first-order valence-corrected chi connectivity index (χ1v) is 11.9. The second-order valence-electron chi connectivity index (χ2n) is 9.11. The Kier molecular flexibility index (Phi) is 6.43. The van der Waals surface area contributed by atoms with Crippen molar-refractivity contribution in [3.8, 4) is 11.5 Å². The van der Waals surface area contributed by atoms with Crippen molar-refractivity contribution < 1.29 is 19.4 Å². The molecule has 8 nitrogen and oxygen atoms in total. The van der Waals surface area contributed by atoms with E-state index in [-0.39, 0.29) is 11.5 Å². The van der Waals surface area contributed by atoms with Crippen molar-refractivity contribution in [2.24, 2.45) is 7.05 Å². The standard InChI is InChI=1S/C28H28N4O4/c1-19-6-9-22(10-7-19)36-23-5-3-4-20(16-23)27(33)32-14-12-31(13-15-32)18-26-29-24-11-8-21(28(34)35)17-25(24)30(26)2/h3-11,16-17H,12-15,18H2,1-2H3,(H,34,35). The van der Waals surface area contributed by atoms with Crippen LogP contribution in [0.2, 0.25) is 0 Å². The van der Waals surface area contributed by atoms with Crippen molar-refractivity contribution in [2.45, 2.75) is 13.5 Å². The number of benzene rings is 3. The van der Waals surface area contributed by atoms with E-state index in [1.807, 2.05) is 65.9 Å². The lowest BCUT2D eigenvalue weighted by molar-refractivity contribution is 0.0623. The summed E-state index contributed by atoms with van der Waals surface area (Å²) in [5.41, 5.74) is 3.59. The van der Waals surface area contributed by atoms with Crippen molar-refractivity contribution in [1.82, 2.24) is 19.4 Å². The Labute approximate surface area is 209 Å².